The van der Waals surface area contributed by atoms with Crippen LogP contribution in [0.25, 0.3) is 0 Å². The van der Waals surface area contributed by atoms with Gasteiger partial charge in [-0.05, 0) is 31.4 Å². The number of hydrogen-bond acceptors (Lipinski definition) is 2. The predicted octanol–water partition coefficient (Wildman–Crippen LogP) is 2.74. The molecule has 0 saturated carbocycles. The second kappa shape index (κ2) is 5.72. The van der Waals surface area contributed by atoms with E-state index in [1.54, 1.807) is 13.0 Å². The van der Waals surface area contributed by atoms with Crippen molar-refractivity contribution in [3.63, 3.8) is 0 Å². The molecule has 2 nitrogen and oxygen atoms in total. The summed E-state index contributed by atoms with van der Waals surface area (Å²) < 4.78 is 27.3. The first-order valence-electron chi connectivity index (χ1n) is 5.13. The largest absolute Gasteiger partial charge is 0.271 e. The molecule has 3 N–H and O–H groups in total. The van der Waals surface area contributed by atoms with Crippen molar-refractivity contribution in [1.82, 2.24) is 5.43 Å². The number of halogens is 2. The highest BCUT2D eigenvalue weighted by Crippen LogP contribution is 2.25. The zero-order valence-corrected chi connectivity index (χ0v) is 9.26. The van der Waals surface area contributed by atoms with E-state index in [-0.39, 0.29) is 5.56 Å². The number of aryl methyl sites for hydroxylation is 1. The van der Waals surface area contributed by atoms with Gasteiger partial charge in [0.2, 0.25) is 0 Å². The Hall–Kier alpha value is -1.26. The highest BCUT2D eigenvalue weighted by molar-refractivity contribution is 5.29. The molecule has 0 spiro atoms. The summed E-state index contributed by atoms with van der Waals surface area (Å²) in [7, 11) is 0. The fourth-order valence-corrected chi connectivity index (χ4v) is 1.59. The van der Waals surface area contributed by atoms with Crippen LogP contribution in [0.3, 0.4) is 0 Å². The van der Waals surface area contributed by atoms with E-state index in [1.807, 2.05) is 0 Å². The highest BCUT2D eigenvalue weighted by Gasteiger charge is 2.19. The molecule has 0 saturated heterocycles. The van der Waals surface area contributed by atoms with Crippen molar-refractivity contribution in [1.29, 1.82) is 0 Å². The van der Waals surface area contributed by atoms with Crippen LogP contribution in [0.15, 0.2) is 24.8 Å². The molecule has 1 unspecified atom stereocenters. The smallest absolute Gasteiger partial charge is 0.133 e. The fraction of sp³-hybridized carbons (Fsp3) is 0.333. The number of rotatable bonds is 5. The normalized spacial score (nSPS) is 12.5. The first kappa shape index (κ1) is 12.8. The van der Waals surface area contributed by atoms with E-state index < -0.39 is 17.7 Å². The second-order valence-electron chi connectivity index (χ2n) is 3.68. The van der Waals surface area contributed by atoms with Gasteiger partial charge in [-0.1, -0.05) is 12.1 Å². The maximum atomic E-state index is 13.8. The van der Waals surface area contributed by atoms with Gasteiger partial charge in [0.1, 0.15) is 11.6 Å². The summed E-state index contributed by atoms with van der Waals surface area (Å²) in [5.41, 5.74) is 2.85. The summed E-state index contributed by atoms with van der Waals surface area (Å²) in [5.74, 6) is 4.21. The van der Waals surface area contributed by atoms with Gasteiger partial charge < -0.3 is 0 Å². The van der Waals surface area contributed by atoms with Crippen molar-refractivity contribution in [2.45, 2.75) is 25.8 Å². The molecule has 1 atom stereocenters. The SMILES string of the molecule is C=CCCC(NN)c1c(F)ccc(C)c1F. The van der Waals surface area contributed by atoms with Gasteiger partial charge in [-0.25, -0.2) is 8.78 Å². The maximum Gasteiger partial charge on any atom is 0.133 e. The lowest BCUT2D eigenvalue weighted by molar-refractivity contribution is 0.454. The van der Waals surface area contributed by atoms with Crippen molar-refractivity contribution in [3.8, 4) is 0 Å². The third-order valence-corrected chi connectivity index (χ3v) is 2.53. The first-order valence-corrected chi connectivity index (χ1v) is 5.13. The summed E-state index contributed by atoms with van der Waals surface area (Å²) in [6.07, 6.45) is 2.84. The van der Waals surface area contributed by atoms with Crippen LogP contribution in [-0.4, -0.2) is 0 Å². The number of allylic oxidation sites excluding steroid dienone is 1. The summed E-state index contributed by atoms with van der Waals surface area (Å²) in [6.45, 7) is 5.16. The predicted molar refractivity (Wildman–Crippen MR) is 60.6 cm³/mol. The van der Waals surface area contributed by atoms with Crippen molar-refractivity contribution < 1.29 is 8.78 Å². The van der Waals surface area contributed by atoms with Crippen molar-refractivity contribution in [3.05, 3.63) is 47.5 Å². The van der Waals surface area contributed by atoms with Gasteiger partial charge in [0, 0.05) is 5.56 Å². The minimum Gasteiger partial charge on any atom is -0.271 e. The average Bonchev–Trinajstić information content (AvgIpc) is 2.28. The van der Waals surface area contributed by atoms with Gasteiger partial charge in [-0.3, -0.25) is 11.3 Å². The number of nitrogens with one attached hydrogen (secondary N) is 1. The third kappa shape index (κ3) is 2.65. The molecular formula is C12H16F2N2. The molecule has 0 fully saturated rings. The molecule has 1 rings (SSSR count). The van der Waals surface area contributed by atoms with Gasteiger partial charge in [0.15, 0.2) is 0 Å². The zero-order valence-electron chi connectivity index (χ0n) is 9.26. The van der Waals surface area contributed by atoms with Crippen molar-refractivity contribution in [2.24, 2.45) is 5.84 Å². The Morgan fingerprint density at radius 1 is 1.50 bits per heavy atom. The molecule has 1 aromatic carbocycles. The molecule has 0 aliphatic carbocycles. The Kier molecular flexibility index (Phi) is 4.58. The quantitative estimate of drug-likeness (QED) is 0.460. The molecule has 4 heteroatoms. The Morgan fingerprint density at radius 3 is 2.75 bits per heavy atom. The third-order valence-electron chi connectivity index (χ3n) is 2.53. The van der Waals surface area contributed by atoms with Gasteiger partial charge >= 0.3 is 0 Å². The summed E-state index contributed by atoms with van der Waals surface area (Å²) in [6, 6.07) is 2.14. The first-order chi connectivity index (χ1) is 7.61. The molecule has 1 aromatic rings. The van der Waals surface area contributed by atoms with E-state index in [2.05, 4.69) is 12.0 Å². The molecule has 0 aliphatic rings. The van der Waals surface area contributed by atoms with E-state index in [4.69, 9.17) is 5.84 Å². The van der Waals surface area contributed by atoms with Gasteiger partial charge in [-0.2, -0.15) is 0 Å². The lowest BCUT2D eigenvalue weighted by Gasteiger charge is -2.17. The summed E-state index contributed by atoms with van der Waals surface area (Å²) in [5, 5.41) is 0. The molecular weight excluding hydrogens is 210 g/mol. The zero-order chi connectivity index (χ0) is 12.1. The van der Waals surface area contributed by atoms with Crippen LogP contribution in [0.5, 0.6) is 0 Å². The Bertz CT molecular complexity index is 378. The molecule has 0 heterocycles. The molecule has 0 aliphatic heterocycles. The maximum absolute atomic E-state index is 13.8. The Labute approximate surface area is 94.1 Å². The van der Waals surface area contributed by atoms with Crippen LogP contribution in [0.4, 0.5) is 8.78 Å². The van der Waals surface area contributed by atoms with E-state index in [9.17, 15) is 8.78 Å². The highest BCUT2D eigenvalue weighted by atomic mass is 19.1. The summed E-state index contributed by atoms with van der Waals surface area (Å²) in [4.78, 5) is 0. The van der Waals surface area contributed by atoms with E-state index in [1.165, 1.54) is 12.1 Å². The fourth-order valence-electron chi connectivity index (χ4n) is 1.59. The molecule has 0 amide bonds. The number of nitrogens with two attached hydrogens (primary N) is 1. The molecule has 88 valence electrons. The van der Waals surface area contributed by atoms with Crippen molar-refractivity contribution in [2.75, 3.05) is 0 Å². The van der Waals surface area contributed by atoms with Crippen LogP contribution in [-0.2, 0) is 0 Å². The minimum atomic E-state index is -0.574. The minimum absolute atomic E-state index is 0.00403. The van der Waals surface area contributed by atoms with Gasteiger partial charge in [-0.15, -0.1) is 6.58 Å². The topological polar surface area (TPSA) is 38.0 Å². The molecule has 0 radical (unpaired) electrons. The molecule has 0 bridgehead atoms. The van der Waals surface area contributed by atoms with Crippen molar-refractivity contribution >= 4 is 0 Å². The lowest BCUT2D eigenvalue weighted by atomic mass is 9.99. The molecule has 16 heavy (non-hydrogen) atoms. The van der Waals surface area contributed by atoms with E-state index >= 15 is 0 Å². The second-order valence-corrected chi connectivity index (χ2v) is 3.68. The monoisotopic (exact) mass is 226 g/mol. The lowest BCUT2D eigenvalue weighted by Crippen LogP contribution is -2.29. The Balaban J connectivity index is 3.07. The van der Waals surface area contributed by atoms with Crippen LogP contribution < -0.4 is 11.3 Å². The Morgan fingerprint density at radius 2 is 2.19 bits per heavy atom. The average molecular weight is 226 g/mol. The van der Waals surface area contributed by atoms with Crippen LogP contribution >= 0.6 is 0 Å². The van der Waals surface area contributed by atoms with Gasteiger partial charge in [0.05, 0.1) is 6.04 Å². The standard InChI is InChI=1S/C12H16F2N2/c1-3-4-5-10(16-15)11-9(13)7-6-8(2)12(11)14/h3,6-7,10,16H,1,4-5,15H2,2H3. The van der Waals surface area contributed by atoms with Crippen LogP contribution in [0, 0.1) is 18.6 Å². The van der Waals surface area contributed by atoms with Crippen LogP contribution in [0.1, 0.15) is 30.0 Å². The van der Waals surface area contributed by atoms with Crippen LogP contribution in [0.2, 0.25) is 0 Å². The number of benzene rings is 1. The van der Waals surface area contributed by atoms with Gasteiger partial charge in [0.25, 0.3) is 0 Å². The van der Waals surface area contributed by atoms with E-state index in [0.717, 1.165) is 0 Å². The van der Waals surface area contributed by atoms with E-state index in [0.29, 0.717) is 18.4 Å². The number of hydrazine groups is 1. The number of hydrogen-bond donors (Lipinski definition) is 2. The molecule has 0 aromatic heterocycles. The summed E-state index contributed by atoms with van der Waals surface area (Å²) >= 11 is 0.